The van der Waals surface area contributed by atoms with Crippen LogP contribution in [-0.4, -0.2) is 54.2 Å². The van der Waals surface area contributed by atoms with E-state index < -0.39 is 5.97 Å². The molecule has 2 heterocycles. The summed E-state index contributed by atoms with van der Waals surface area (Å²) < 4.78 is 0. The van der Waals surface area contributed by atoms with Gasteiger partial charge in [-0.3, -0.25) is 4.79 Å². The Hall–Kier alpha value is -2.24. The molecule has 24 heavy (non-hydrogen) atoms. The Morgan fingerprint density at radius 1 is 1.04 bits per heavy atom. The Kier molecular flexibility index (Phi) is 5.23. The predicted molar refractivity (Wildman–Crippen MR) is 92.1 cm³/mol. The number of anilines is 1. The van der Waals surface area contributed by atoms with Gasteiger partial charge in [-0.05, 0) is 37.8 Å². The van der Waals surface area contributed by atoms with Crippen LogP contribution in [0.15, 0.2) is 30.3 Å². The molecule has 2 N–H and O–H groups in total. The van der Waals surface area contributed by atoms with E-state index >= 15 is 0 Å². The zero-order chi connectivity index (χ0) is 16.9. The minimum absolute atomic E-state index is 0.0567. The van der Waals surface area contributed by atoms with E-state index in [1.807, 2.05) is 18.2 Å². The van der Waals surface area contributed by atoms with Crippen molar-refractivity contribution in [2.45, 2.75) is 31.7 Å². The lowest BCUT2D eigenvalue weighted by Gasteiger charge is -2.37. The molecule has 1 atom stereocenters. The van der Waals surface area contributed by atoms with Gasteiger partial charge in [-0.25, -0.2) is 4.79 Å². The molecule has 1 unspecified atom stereocenters. The number of carbonyl (C=O) groups excluding carboxylic acids is 1. The second-order valence-corrected chi connectivity index (χ2v) is 6.67. The van der Waals surface area contributed by atoms with Gasteiger partial charge in [0.1, 0.15) is 0 Å². The fourth-order valence-corrected chi connectivity index (χ4v) is 3.56. The number of carboxylic acid groups (broad SMARTS) is 1. The first-order valence-corrected chi connectivity index (χ1v) is 8.72. The highest BCUT2D eigenvalue weighted by atomic mass is 16.4. The molecule has 6 heteroatoms. The van der Waals surface area contributed by atoms with E-state index in [9.17, 15) is 9.59 Å². The number of benzene rings is 1. The smallest absolute Gasteiger partial charge is 0.317 e. The molecule has 2 amide bonds. The van der Waals surface area contributed by atoms with Crippen LogP contribution in [0, 0.1) is 5.92 Å². The summed E-state index contributed by atoms with van der Waals surface area (Å²) in [7, 11) is 0. The third kappa shape index (κ3) is 3.99. The number of carboxylic acids is 1. The highest BCUT2D eigenvalue weighted by Crippen LogP contribution is 2.21. The fourth-order valence-electron chi connectivity index (χ4n) is 3.56. The van der Waals surface area contributed by atoms with Gasteiger partial charge in [0.05, 0.1) is 5.92 Å². The maximum absolute atomic E-state index is 12.4. The first kappa shape index (κ1) is 16.6. The molecule has 2 saturated heterocycles. The molecule has 2 aliphatic rings. The normalized spacial score (nSPS) is 22.2. The van der Waals surface area contributed by atoms with Crippen molar-refractivity contribution in [3.8, 4) is 0 Å². The van der Waals surface area contributed by atoms with Crippen LogP contribution >= 0.6 is 0 Å². The van der Waals surface area contributed by atoms with E-state index in [0.29, 0.717) is 25.9 Å². The van der Waals surface area contributed by atoms with Crippen molar-refractivity contribution < 1.29 is 14.7 Å². The van der Waals surface area contributed by atoms with Crippen molar-refractivity contribution in [1.29, 1.82) is 0 Å². The first-order chi connectivity index (χ1) is 11.6. The maximum Gasteiger partial charge on any atom is 0.317 e. The number of hydrogen-bond donors (Lipinski definition) is 2. The summed E-state index contributed by atoms with van der Waals surface area (Å²) in [6.07, 6.45) is 3.13. The minimum Gasteiger partial charge on any atom is -0.481 e. The Bertz CT molecular complexity index is 570. The third-order valence-electron chi connectivity index (χ3n) is 5.00. The van der Waals surface area contributed by atoms with Gasteiger partial charge in [-0.2, -0.15) is 0 Å². The topological polar surface area (TPSA) is 72.9 Å². The molecule has 6 nitrogen and oxygen atoms in total. The molecule has 0 aromatic heterocycles. The highest BCUT2D eigenvalue weighted by molar-refractivity contribution is 5.75. The lowest BCUT2D eigenvalue weighted by molar-refractivity contribution is -0.143. The summed E-state index contributed by atoms with van der Waals surface area (Å²) in [5, 5.41) is 12.2. The molecule has 2 aliphatic heterocycles. The SMILES string of the molecule is O=C(O)C1CCN(C(=O)NC2CCCN(c3ccccc3)C2)CC1. The number of rotatable bonds is 3. The van der Waals surface area contributed by atoms with Gasteiger partial charge < -0.3 is 20.2 Å². The second kappa shape index (κ2) is 7.55. The largest absolute Gasteiger partial charge is 0.481 e. The quantitative estimate of drug-likeness (QED) is 0.890. The number of hydrogen-bond acceptors (Lipinski definition) is 3. The zero-order valence-electron chi connectivity index (χ0n) is 13.9. The van der Waals surface area contributed by atoms with E-state index in [1.54, 1.807) is 4.90 Å². The number of amides is 2. The second-order valence-electron chi connectivity index (χ2n) is 6.67. The lowest BCUT2D eigenvalue weighted by atomic mass is 9.97. The number of likely N-dealkylation sites (tertiary alicyclic amines) is 1. The number of aliphatic carboxylic acids is 1. The number of nitrogens with one attached hydrogen (secondary N) is 1. The van der Waals surface area contributed by atoms with Crippen LogP contribution in [0.1, 0.15) is 25.7 Å². The van der Waals surface area contributed by atoms with Gasteiger partial charge in [0.15, 0.2) is 0 Å². The molecule has 0 aliphatic carbocycles. The lowest BCUT2D eigenvalue weighted by Crippen LogP contribution is -2.53. The van der Waals surface area contributed by atoms with Crippen LogP contribution in [0.2, 0.25) is 0 Å². The molecular formula is C18H25N3O3. The number of carbonyl (C=O) groups is 2. The predicted octanol–water partition coefficient (Wildman–Crippen LogP) is 2.16. The molecule has 2 fully saturated rings. The van der Waals surface area contributed by atoms with Gasteiger partial charge >= 0.3 is 12.0 Å². The summed E-state index contributed by atoms with van der Waals surface area (Å²) in [6, 6.07) is 10.4. The van der Waals surface area contributed by atoms with Crippen molar-refractivity contribution in [3.63, 3.8) is 0 Å². The zero-order valence-corrected chi connectivity index (χ0v) is 13.9. The van der Waals surface area contributed by atoms with E-state index in [2.05, 4.69) is 22.3 Å². The van der Waals surface area contributed by atoms with Gasteiger partial charge in [0, 0.05) is 37.9 Å². The van der Waals surface area contributed by atoms with Gasteiger partial charge in [0.25, 0.3) is 0 Å². The summed E-state index contributed by atoms with van der Waals surface area (Å²) in [6.45, 7) is 2.89. The van der Waals surface area contributed by atoms with Gasteiger partial charge in [-0.15, -0.1) is 0 Å². The van der Waals surface area contributed by atoms with Crippen LogP contribution in [-0.2, 0) is 4.79 Å². The van der Waals surface area contributed by atoms with Crippen molar-refractivity contribution in [1.82, 2.24) is 10.2 Å². The fraction of sp³-hybridized carbons (Fsp3) is 0.556. The van der Waals surface area contributed by atoms with Crippen molar-refractivity contribution in [2.24, 2.45) is 5.92 Å². The Labute approximate surface area is 142 Å². The number of para-hydroxylation sites is 1. The molecule has 0 saturated carbocycles. The van der Waals surface area contributed by atoms with Crippen molar-refractivity contribution in [2.75, 3.05) is 31.1 Å². The number of piperidine rings is 2. The van der Waals surface area contributed by atoms with Crippen molar-refractivity contribution in [3.05, 3.63) is 30.3 Å². The molecule has 1 aromatic carbocycles. The molecule has 0 spiro atoms. The van der Waals surface area contributed by atoms with Crippen LogP contribution in [0.3, 0.4) is 0 Å². The van der Waals surface area contributed by atoms with E-state index in [0.717, 1.165) is 25.9 Å². The molecular weight excluding hydrogens is 306 g/mol. The van der Waals surface area contributed by atoms with Gasteiger partial charge in [0.2, 0.25) is 0 Å². The highest BCUT2D eigenvalue weighted by Gasteiger charge is 2.29. The van der Waals surface area contributed by atoms with E-state index in [-0.39, 0.29) is 18.0 Å². The molecule has 130 valence electrons. The summed E-state index contributed by atoms with van der Waals surface area (Å²) in [5.74, 6) is -1.06. The van der Waals surface area contributed by atoms with Crippen LogP contribution in [0.5, 0.6) is 0 Å². The Morgan fingerprint density at radius 3 is 2.42 bits per heavy atom. The summed E-state index contributed by atoms with van der Waals surface area (Å²) >= 11 is 0. The van der Waals surface area contributed by atoms with E-state index in [1.165, 1.54) is 5.69 Å². The minimum atomic E-state index is -0.749. The maximum atomic E-state index is 12.4. The standard InChI is InChI=1S/C18H25N3O3/c22-17(23)14-8-11-20(12-9-14)18(24)19-15-5-4-10-21(13-15)16-6-2-1-3-7-16/h1-3,6-7,14-15H,4-5,8-13H2,(H,19,24)(H,22,23). The molecule has 0 radical (unpaired) electrons. The van der Waals surface area contributed by atoms with Crippen LogP contribution < -0.4 is 10.2 Å². The summed E-state index contributed by atoms with van der Waals surface area (Å²) in [5.41, 5.74) is 1.19. The monoisotopic (exact) mass is 331 g/mol. The van der Waals surface area contributed by atoms with Crippen molar-refractivity contribution >= 4 is 17.7 Å². The Morgan fingerprint density at radius 2 is 1.75 bits per heavy atom. The molecule has 0 bridgehead atoms. The number of nitrogens with zero attached hydrogens (tertiary/aromatic N) is 2. The van der Waals surface area contributed by atoms with Gasteiger partial charge in [-0.1, -0.05) is 18.2 Å². The third-order valence-corrected chi connectivity index (χ3v) is 5.00. The number of urea groups is 1. The first-order valence-electron chi connectivity index (χ1n) is 8.72. The average Bonchev–Trinajstić information content (AvgIpc) is 2.63. The van der Waals surface area contributed by atoms with Crippen LogP contribution in [0.25, 0.3) is 0 Å². The molecule has 3 rings (SSSR count). The Balaban J connectivity index is 1.50. The molecule has 1 aromatic rings. The van der Waals surface area contributed by atoms with Crippen LogP contribution in [0.4, 0.5) is 10.5 Å². The van der Waals surface area contributed by atoms with E-state index in [4.69, 9.17) is 5.11 Å². The summed E-state index contributed by atoms with van der Waals surface area (Å²) in [4.78, 5) is 27.5. The average molecular weight is 331 g/mol.